The summed E-state index contributed by atoms with van der Waals surface area (Å²) in [5.41, 5.74) is 6.26. The molecule has 1 atom stereocenters. The SMILES string of the molecule is CN(C1CCOCC1)C1(CN)CCSC1. The molecule has 2 heterocycles. The molecule has 0 aromatic rings. The maximum Gasteiger partial charge on any atom is 0.0480 e. The third kappa shape index (κ3) is 2.33. The number of ether oxygens (including phenoxy) is 1. The Labute approximate surface area is 96.7 Å². The van der Waals surface area contributed by atoms with Gasteiger partial charge >= 0.3 is 0 Å². The minimum Gasteiger partial charge on any atom is -0.381 e. The predicted octanol–water partition coefficient (Wildman–Crippen LogP) is 0.932. The Bertz CT molecular complexity index is 201. The van der Waals surface area contributed by atoms with Crippen LogP contribution in [0.15, 0.2) is 0 Å². The summed E-state index contributed by atoms with van der Waals surface area (Å²) in [6, 6.07) is 0.681. The minimum absolute atomic E-state index is 0.271. The zero-order valence-electron chi connectivity index (χ0n) is 9.58. The monoisotopic (exact) mass is 230 g/mol. The van der Waals surface area contributed by atoms with Gasteiger partial charge in [0.05, 0.1) is 0 Å². The van der Waals surface area contributed by atoms with Gasteiger partial charge in [0.25, 0.3) is 0 Å². The van der Waals surface area contributed by atoms with Crippen molar-refractivity contribution in [2.45, 2.75) is 30.8 Å². The molecule has 0 aromatic heterocycles. The summed E-state index contributed by atoms with van der Waals surface area (Å²) in [5.74, 6) is 2.47. The van der Waals surface area contributed by atoms with Gasteiger partial charge in [0, 0.05) is 37.1 Å². The molecule has 2 saturated heterocycles. The molecule has 2 fully saturated rings. The summed E-state index contributed by atoms with van der Waals surface area (Å²) < 4.78 is 5.42. The van der Waals surface area contributed by atoms with E-state index in [-0.39, 0.29) is 5.54 Å². The van der Waals surface area contributed by atoms with E-state index in [0.717, 1.165) is 19.8 Å². The highest BCUT2D eigenvalue weighted by Gasteiger charge is 2.40. The van der Waals surface area contributed by atoms with E-state index in [2.05, 4.69) is 11.9 Å². The van der Waals surface area contributed by atoms with Crippen LogP contribution in [0.5, 0.6) is 0 Å². The van der Waals surface area contributed by atoms with E-state index in [9.17, 15) is 0 Å². The molecule has 0 radical (unpaired) electrons. The Morgan fingerprint density at radius 2 is 2.20 bits per heavy atom. The Morgan fingerprint density at radius 1 is 1.47 bits per heavy atom. The average Bonchev–Trinajstić information content (AvgIpc) is 2.79. The molecule has 0 saturated carbocycles. The van der Waals surface area contributed by atoms with Gasteiger partial charge in [-0.2, -0.15) is 11.8 Å². The van der Waals surface area contributed by atoms with Crippen LogP contribution in [0.2, 0.25) is 0 Å². The van der Waals surface area contributed by atoms with Crippen LogP contribution >= 0.6 is 11.8 Å². The van der Waals surface area contributed by atoms with Crippen molar-refractivity contribution in [1.29, 1.82) is 0 Å². The van der Waals surface area contributed by atoms with Gasteiger partial charge in [-0.1, -0.05) is 0 Å². The van der Waals surface area contributed by atoms with Crippen molar-refractivity contribution < 1.29 is 4.74 Å². The predicted molar refractivity (Wildman–Crippen MR) is 65.3 cm³/mol. The standard InChI is InChI=1S/C11H22N2OS/c1-13(10-2-5-14-6-3-10)11(8-12)4-7-15-9-11/h10H,2-9,12H2,1H3. The number of hydrogen-bond acceptors (Lipinski definition) is 4. The minimum atomic E-state index is 0.271. The fraction of sp³-hybridized carbons (Fsp3) is 1.00. The number of thioether (sulfide) groups is 1. The summed E-state index contributed by atoms with van der Waals surface area (Å²) in [7, 11) is 2.26. The van der Waals surface area contributed by atoms with Crippen LogP contribution in [0.1, 0.15) is 19.3 Å². The zero-order valence-corrected chi connectivity index (χ0v) is 10.4. The molecular weight excluding hydrogens is 208 g/mol. The third-order valence-corrected chi connectivity index (χ3v) is 5.18. The molecule has 0 bridgehead atoms. The van der Waals surface area contributed by atoms with Gasteiger partial charge in [-0.25, -0.2) is 0 Å². The van der Waals surface area contributed by atoms with E-state index in [1.165, 1.54) is 30.8 Å². The molecule has 3 nitrogen and oxygen atoms in total. The van der Waals surface area contributed by atoms with Gasteiger partial charge in [0.15, 0.2) is 0 Å². The highest BCUT2D eigenvalue weighted by Crippen LogP contribution is 2.34. The number of likely N-dealkylation sites (N-methyl/N-ethyl adjacent to an activating group) is 1. The Hall–Kier alpha value is 0.230. The number of hydrogen-bond donors (Lipinski definition) is 1. The number of nitrogens with two attached hydrogens (primary N) is 1. The summed E-state index contributed by atoms with van der Waals surface area (Å²) in [4.78, 5) is 2.55. The molecule has 2 N–H and O–H groups in total. The quantitative estimate of drug-likeness (QED) is 0.783. The molecule has 0 aliphatic carbocycles. The van der Waals surface area contributed by atoms with Gasteiger partial charge < -0.3 is 10.5 Å². The molecule has 15 heavy (non-hydrogen) atoms. The molecule has 0 spiro atoms. The summed E-state index contributed by atoms with van der Waals surface area (Å²) in [6.45, 7) is 2.64. The van der Waals surface area contributed by atoms with Crippen molar-refractivity contribution >= 4 is 11.8 Å². The first kappa shape index (κ1) is 11.7. The summed E-state index contributed by atoms with van der Waals surface area (Å²) in [5, 5.41) is 0. The van der Waals surface area contributed by atoms with E-state index in [0.29, 0.717) is 6.04 Å². The van der Waals surface area contributed by atoms with E-state index < -0.39 is 0 Å². The molecule has 4 heteroatoms. The Balaban J connectivity index is 2.00. The number of nitrogens with zero attached hydrogens (tertiary/aromatic N) is 1. The Kier molecular flexibility index (Phi) is 3.93. The number of rotatable bonds is 3. The van der Waals surface area contributed by atoms with E-state index >= 15 is 0 Å². The van der Waals surface area contributed by atoms with E-state index in [1.807, 2.05) is 11.8 Å². The second kappa shape index (κ2) is 5.04. The van der Waals surface area contributed by atoms with Crippen molar-refractivity contribution in [3.05, 3.63) is 0 Å². The van der Waals surface area contributed by atoms with Gasteiger partial charge in [-0.3, -0.25) is 4.90 Å². The van der Waals surface area contributed by atoms with Gasteiger partial charge in [0.2, 0.25) is 0 Å². The lowest BCUT2D eigenvalue weighted by Gasteiger charge is -2.43. The van der Waals surface area contributed by atoms with Gasteiger partial charge in [-0.15, -0.1) is 0 Å². The lowest BCUT2D eigenvalue weighted by atomic mass is 9.93. The topological polar surface area (TPSA) is 38.5 Å². The fourth-order valence-corrected chi connectivity index (χ4v) is 4.15. The van der Waals surface area contributed by atoms with Crippen LogP contribution in [0.25, 0.3) is 0 Å². The van der Waals surface area contributed by atoms with E-state index in [4.69, 9.17) is 10.5 Å². The van der Waals surface area contributed by atoms with Crippen LogP contribution in [0.4, 0.5) is 0 Å². The molecule has 1 unspecified atom stereocenters. The maximum absolute atomic E-state index is 5.99. The summed E-state index contributed by atoms with van der Waals surface area (Å²) in [6.07, 6.45) is 3.59. The molecule has 2 aliphatic rings. The van der Waals surface area contributed by atoms with Crippen molar-refractivity contribution in [1.82, 2.24) is 4.90 Å². The normalized spacial score (nSPS) is 33.8. The molecule has 0 aromatic carbocycles. The van der Waals surface area contributed by atoms with Crippen molar-refractivity contribution in [3.63, 3.8) is 0 Å². The van der Waals surface area contributed by atoms with Crippen molar-refractivity contribution in [3.8, 4) is 0 Å². The van der Waals surface area contributed by atoms with Crippen LogP contribution in [0, 0.1) is 0 Å². The van der Waals surface area contributed by atoms with Crippen LogP contribution in [-0.4, -0.2) is 54.8 Å². The Morgan fingerprint density at radius 3 is 2.73 bits per heavy atom. The molecule has 2 aliphatic heterocycles. The highest BCUT2D eigenvalue weighted by molar-refractivity contribution is 7.99. The second-order valence-electron chi connectivity index (χ2n) is 4.69. The average molecular weight is 230 g/mol. The van der Waals surface area contributed by atoms with Gasteiger partial charge in [0.1, 0.15) is 0 Å². The molecular formula is C11H22N2OS. The summed E-state index contributed by atoms with van der Waals surface area (Å²) >= 11 is 2.05. The largest absolute Gasteiger partial charge is 0.381 e. The van der Waals surface area contributed by atoms with Crippen LogP contribution in [-0.2, 0) is 4.74 Å². The first-order valence-electron chi connectivity index (χ1n) is 5.87. The van der Waals surface area contributed by atoms with Crippen molar-refractivity contribution in [2.24, 2.45) is 5.73 Å². The highest BCUT2D eigenvalue weighted by atomic mass is 32.2. The maximum atomic E-state index is 5.99. The third-order valence-electron chi connectivity index (χ3n) is 3.95. The molecule has 0 amide bonds. The lowest BCUT2D eigenvalue weighted by Crippen LogP contribution is -2.57. The van der Waals surface area contributed by atoms with Crippen LogP contribution in [0.3, 0.4) is 0 Å². The van der Waals surface area contributed by atoms with Crippen LogP contribution < -0.4 is 5.73 Å². The second-order valence-corrected chi connectivity index (χ2v) is 5.79. The zero-order chi connectivity index (χ0) is 10.7. The lowest BCUT2D eigenvalue weighted by molar-refractivity contribution is 0.00633. The molecule has 88 valence electrons. The smallest absolute Gasteiger partial charge is 0.0480 e. The van der Waals surface area contributed by atoms with Gasteiger partial charge in [-0.05, 0) is 32.1 Å². The first-order valence-corrected chi connectivity index (χ1v) is 7.02. The first-order chi connectivity index (χ1) is 7.28. The fourth-order valence-electron chi connectivity index (χ4n) is 2.64. The molecule has 2 rings (SSSR count). The van der Waals surface area contributed by atoms with Crippen molar-refractivity contribution in [2.75, 3.05) is 38.3 Å². The van der Waals surface area contributed by atoms with E-state index in [1.54, 1.807) is 0 Å².